The number of methoxy groups -OCH3 is 1. The number of nitrogens with zero attached hydrogens (tertiary/aromatic N) is 2. The van der Waals surface area contributed by atoms with Crippen molar-refractivity contribution >= 4 is 24.7 Å². The first-order valence-electron chi connectivity index (χ1n) is 4.32. The molecule has 0 aliphatic carbocycles. The number of hydrogen-bond acceptors (Lipinski definition) is 4. The Balaban J connectivity index is 0.000000980. The van der Waals surface area contributed by atoms with Gasteiger partial charge in [-0.05, 0) is 0 Å². The fraction of sp³-hybridized carbons (Fsp3) is 0.625. The predicted octanol–water partition coefficient (Wildman–Crippen LogP) is -0.394. The summed E-state index contributed by atoms with van der Waals surface area (Å²) in [6, 6.07) is 0. The summed E-state index contributed by atoms with van der Waals surface area (Å²) in [5.74, 6) is 1.67. The van der Waals surface area contributed by atoms with Crippen LogP contribution in [0.1, 0.15) is 0 Å². The number of anilines is 1. The molecule has 0 unspecified atom stereocenters. The zero-order chi connectivity index (χ0) is 9.10. The molecule has 1 aliphatic heterocycles. The van der Waals surface area contributed by atoms with Crippen molar-refractivity contribution in [1.29, 1.82) is 0 Å². The number of aromatic nitrogens is 2. The van der Waals surface area contributed by atoms with Gasteiger partial charge in [0.25, 0.3) is 0 Å². The molecule has 1 aromatic rings. The van der Waals surface area contributed by atoms with Gasteiger partial charge in [-0.25, -0.2) is 0 Å². The molecule has 1 fully saturated rings. The first-order valence-corrected chi connectivity index (χ1v) is 4.32. The second kappa shape index (κ2) is 5.30. The molecule has 0 bridgehead atoms. The van der Waals surface area contributed by atoms with Crippen LogP contribution >= 0.6 is 0 Å². The third kappa shape index (κ3) is 2.24. The van der Waals surface area contributed by atoms with Gasteiger partial charge in [-0.2, -0.15) is 5.10 Å². The molecule has 5 nitrogen and oxygen atoms in total. The summed E-state index contributed by atoms with van der Waals surface area (Å²) < 4.78 is 10.4. The summed E-state index contributed by atoms with van der Waals surface area (Å²) in [5, 5.41) is 6.92. The second-order valence-corrected chi connectivity index (χ2v) is 2.88. The summed E-state index contributed by atoms with van der Waals surface area (Å²) in [6.45, 7) is 3.27. The molecular weight excluding hydrogens is 177 g/mol. The molecule has 6 heteroatoms. The molecule has 0 spiro atoms. The maximum atomic E-state index is 5.25. The van der Waals surface area contributed by atoms with Crippen molar-refractivity contribution in [2.75, 3.05) is 38.3 Å². The van der Waals surface area contributed by atoms with E-state index in [1.165, 1.54) is 0 Å². The molecule has 2 heterocycles. The Hall–Kier alpha value is -0.633. The molecule has 0 saturated carbocycles. The number of hydrogen-bond donors (Lipinski definition) is 1. The predicted molar refractivity (Wildman–Crippen MR) is 55.3 cm³/mol. The van der Waals surface area contributed by atoms with Gasteiger partial charge in [-0.15, -0.1) is 0 Å². The van der Waals surface area contributed by atoms with Crippen molar-refractivity contribution in [3.63, 3.8) is 0 Å². The Morgan fingerprint density at radius 3 is 2.86 bits per heavy atom. The first-order chi connectivity index (χ1) is 6.42. The normalized spacial score (nSPS) is 16.2. The van der Waals surface area contributed by atoms with E-state index in [4.69, 9.17) is 9.47 Å². The molecule has 14 heavy (non-hydrogen) atoms. The van der Waals surface area contributed by atoms with E-state index < -0.39 is 0 Å². The van der Waals surface area contributed by atoms with Gasteiger partial charge >= 0.3 is 18.9 Å². The summed E-state index contributed by atoms with van der Waals surface area (Å²) >= 11 is 0. The van der Waals surface area contributed by atoms with Gasteiger partial charge in [0.2, 0.25) is 0 Å². The van der Waals surface area contributed by atoms with E-state index in [1.807, 2.05) is 0 Å². The number of nitrogens with one attached hydrogen (secondary N) is 1. The van der Waals surface area contributed by atoms with Gasteiger partial charge in [0.15, 0.2) is 11.6 Å². The molecule has 0 amide bonds. The molecule has 1 aliphatic rings. The van der Waals surface area contributed by atoms with Crippen LogP contribution in [0.5, 0.6) is 5.75 Å². The fourth-order valence-corrected chi connectivity index (χ4v) is 1.42. The van der Waals surface area contributed by atoms with Crippen LogP contribution in [0.25, 0.3) is 0 Å². The summed E-state index contributed by atoms with van der Waals surface area (Å²) in [5.41, 5.74) is 0. The zero-order valence-corrected chi connectivity index (χ0v) is 7.62. The van der Waals surface area contributed by atoms with E-state index in [-0.39, 0.29) is 18.9 Å². The minimum absolute atomic E-state index is 0. The van der Waals surface area contributed by atoms with Crippen LogP contribution < -0.4 is 9.64 Å². The molecule has 0 atom stereocenters. The van der Waals surface area contributed by atoms with Crippen molar-refractivity contribution in [1.82, 2.24) is 10.2 Å². The van der Waals surface area contributed by atoms with E-state index in [9.17, 15) is 0 Å². The number of ether oxygens (including phenoxy) is 2. The van der Waals surface area contributed by atoms with Gasteiger partial charge in [0.1, 0.15) is 0 Å². The molecule has 0 radical (unpaired) electrons. The molecule has 1 aromatic heterocycles. The topological polar surface area (TPSA) is 50.4 Å². The van der Waals surface area contributed by atoms with E-state index in [2.05, 4.69) is 15.1 Å². The zero-order valence-electron chi connectivity index (χ0n) is 7.62. The van der Waals surface area contributed by atoms with E-state index >= 15 is 0 Å². The summed E-state index contributed by atoms with van der Waals surface area (Å²) in [6.07, 6.45) is 1.75. The van der Waals surface area contributed by atoms with Crippen molar-refractivity contribution in [3.8, 4) is 5.75 Å². The Kier molecular flexibility index (Phi) is 4.33. The molecule has 2 rings (SSSR count). The Morgan fingerprint density at radius 2 is 2.21 bits per heavy atom. The van der Waals surface area contributed by atoms with Crippen LogP contribution in [0.2, 0.25) is 0 Å². The van der Waals surface area contributed by atoms with Crippen LogP contribution in [0.4, 0.5) is 5.82 Å². The second-order valence-electron chi connectivity index (χ2n) is 2.88. The fourth-order valence-electron chi connectivity index (χ4n) is 1.42. The van der Waals surface area contributed by atoms with Crippen LogP contribution in [0, 0.1) is 0 Å². The quantitative estimate of drug-likeness (QED) is 0.646. The SMILES string of the molecule is COc1c[nH]nc1N1CCOCC1.[LiH]. The van der Waals surface area contributed by atoms with Gasteiger partial charge in [-0.1, -0.05) is 0 Å². The Bertz CT molecular complexity index is 273. The molecule has 1 N–H and O–H groups in total. The maximum absolute atomic E-state index is 5.25. The number of aromatic amines is 1. The Labute approximate surface area is 94.9 Å². The third-order valence-corrected chi connectivity index (χ3v) is 2.12. The van der Waals surface area contributed by atoms with Crippen LogP contribution in [0.15, 0.2) is 6.20 Å². The van der Waals surface area contributed by atoms with E-state index in [1.54, 1.807) is 13.3 Å². The monoisotopic (exact) mass is 191 g/mol. The molecule has 1 saturated heterocycles. The minimum atomic E-state index is 0. The summed E-state index contributed by atoms with van der Waals surface area (Å²) in [4.78, 5) is 2.15. The van der Waals surface area contributed by atoms with E-state index in [0.717, 1.165) is 37.9 Å². The molecular formula is C8H14LiN3O2. The van der Waals surface area contributed by atoms with Crippen molar-refractivity contribution in [2.24, 2.45) is 0 Å². The number of H-pyrrole nitrogens is 1. The van der Waals surface area contributed by atoms with Gasteiger partial charge in [0, 0.05) is 13.1 Å². The average Bonchev–Trinajstić information content (AvgIpc) is 2.67. The summed E-state index contributed by atoms with van der Waals surface area (Å²) in [7, 11) is 1.65. The number of rotatable bonds is 2. The average molecular weight is 191 g/mol. The van der Waals surface area contributed by atoms with Gasteiger partial charge < -0.3 is 14.4 Å². The van der Waals surface area contributed by atoms with E-state index in [0.29, 0.717) is 0 Å². The van der Waals surface area contributed by atoms with Crippen molar-refractivity contribution in [2.45, 2.75) is 0 Å². The standard InChI is InChI=1S/C8H13N3O2.Li.H/c1-12-7-6-9-10-8(7)11-2-4-13-5-3-11;;/h6H,2-5H2,1H3,(H,9,10);;. The molecule has 74 valence electrons. The Morgan fingerprint density at radius 1 is 1.50 bits per heavy atom. The third-order valence-electron chi connectivity index (χ3n) is 2.12. The first kappa shape index (κ1) is 11.4. The molecule has 0 aromatic carbocycles. The van der Waals surface area contributed by atoms with Crippen molar-refractivity contribution in [3.05, 3.63) is 6.20 Å². The number of morpholine rings is 1. The van der Waals surface area contributed by atoms with Gasteiger partial charge in [0.05, 0.1) is 26.5 Å². The van der Waals surface area contributed by atoms with Gasteiger partial charge in [-0.3, -0.25) is 5.10 Å². The van der Waals surface area contributed by atoms with Crippen LogP contribution in [-0.2, 0) is 4.74 Å². The van der Waals surface area contributed by atoms with Crippen LogP contribution in [0.3, 0.4) is 0 Å². The van der Waals surface area contributed by atoms with Crippen molar-refractivity contribution < 1.29 is 9.47 Å². The van der Waals surface area contributed by atoms with Crippen LogP contribution in [-0.4, -0.2) is 62.5 Å².